The lowest BCUT2D eigenvalue weighted by Gasteiger charge is -2.23. The number of aromatic nitrogens is 3. The van der Waals surface area contributed by atoms with E-state index in [0.29, 0.717) is 17.6 Å². The van der Waals surface area contributed by atoms with Gasteiger partial charge in [0.05, 0.1) is 12.7 Å². The molecule has 0 spiro atoms. The van der Waals surface area contributed by atoms with Crippen LogP contribution in [0.25, 0.3) is 11.3 Å². The smallest absolute Gasteiger partial charge is 0.243 e. The Bertz CT molecular complexity index is 866. The summed E-state index contributed by atoms with van der Waals surface area (Å²) >= 11 is 0. The number of anilines is 1. The van der Waals surface area contributed by atoms with Crippen LogP contribution in [0.15, 0.2) is 59.4 Å². The molecule has 7 heteroatoms. The second-order valence-electron chi connectivity index (χ2n) is 6.10. The van der Waals surface area contributed by atoms with Gasteiger partial charge in [0, 0.05) is 24.5 Å². The Morgan fingerprint density at radius 3 is 2.77 bits per heavy atom. The Morgan fingerprint density at radius 2 is 1.96 bits per heavy atom. The molecule has 1 aliphatic heterocycles. The van der Waals surface area contributed by atoms with Crippen molar-refractivity contribution < 1.29 is 9.21 Å². The van der Waals surface area contributed by atoms with Crippen molar-refractivity contribution in [1.82, 2.24) is 20.3 Å². The zero-order chi connectivity index (χ0) is 17.8. The Morgan fingerprint density at radius 1 is 1.15 bits per heavy atom. The number of amides is 1. The van der Waals surface area contributed by atoms with E-state index in [2.05, 4.69) is 20.3 Å². The first-order valence-electron chi connectivity index (χ1n) is 8.63. The number of carbonyl (C=O) groups is 1. The number of nitrogens with one attached hydrogen (secondary N) is 1. The maximum atomic E-state index is 12.6. The lowest BCUT2D eigenvalue weighted by atomic mass is 10.2. The molecule has 1 fully saturated rings. The molecule has 1 atom stereocenters. The van der Waals surface area contributed by atoms with Gasteiger partial charge in [0.25, 0.3) is 0 Å². The molecule has 1 N–H and O–H groups in total. The fraction of sp³-hybridized carbons (Fsp3) is 0.263. The third-order valence-electron chi connectivity index (χ3n) is 4.39. The SMILES string of the molecule is O=C(NCc1ncc(-c2ccccc2)o1)[C@@H]1CCCN1c1ncccn1. The van der Waals surface area contributed by atoms with Gasteiger partial charge < -0.3 is 14.6 Å². The molecular formula is C19H19N5O2. The largest absolute Gasteiger partial charge is 0.439 e. The molecule has 2 aromatic heterocycles. The summed E-state index contributed by atoms with van der Waals surface area (Å²) in [5.74, 6) is 1.70. The molecule has 0 aliphatic carbocycles. The van der Waals surface area contributed by atoms with Gasteiger partial charge in [0.15, 0.2) is 5.76 Å². The van der Waals surface area contributed by atoms with Crippen LogP contribution in [0, 0.1) is 0 Å². The van der Waals surface area contributed by atoms with Crippen LogP contribution in [0.3, 0.4) is 0 Å². The van der Waals surface area contributed by atoms with E-state index >= 15 is 0 Å². The summed E-state index contributed by atoms with van der Waals surface area (Å²) in [6, 6.07) is 11.3. The highest BCUT2D eigenvalue weighted by atomic mass is 16.4. The van der Waals surface area contributed by atoms with Crippen molar-refractivity contribution in [2.75, 3.05) is 11.4 Å². The third kappa shape index (κ3) is 3.42. The minimum Gasteiger partial charge on any atom is -0.439 e. The van der Waals surface area contributed by atoms with Crippen LogP contribution in [0.1, 0.15) is 18.7 Å². The summed E-state index contributed by atoms with van der Waals surface area (Å²) < 4.78 is 5.73. The molecular weight excluding hydrogens is 330 g/mol. The summed E-state index contributed by atoms with van der Waals surface area (Å²) in [5.41, 5.74) is 0.959. The molecule has 0 bridgehead atoms. The fourth-order valence-electron chi connectivity index (χ4n) is 3.13. The van der Waals surface area contributed by atoms with Crippen LogP contribution in [0.4, 0.5) is 5.95 Å². The predicted molar refractivity (Wildman–Crippen MR) is 96.2 cm³/mol. The lowest BCUT2D eigenvalue weighted by Crippen LogP contribution is -2.43. The van der Waals surface area contributed by atoms with Gasteiger partial charge in [-0.2, -0.15) is 0 Å². The topological polar surface area (TPSA) is 84.2 Å². The second-order valence-corrected chi connectivity index (χ2v) is 6.10. The van der Waals surface area contributed by atoms with Gasteiger partial charge in [-0.15, -0.1) is 0 Å². The van der Waals surface area contributed by atoms with E-state index in [4.69, 9.17) is 4.42 Å². The first-order chi connectivity index (χ1) is 12.8. The summed E-state index contributed by atoms with van der Waals surface area (Å²) in [6.07, 6.45) is 6.77. The molecule has 26 heavy (non-hydrogen) atoms. The number of oxazole rings is 1. The van der Waals surface area contributed by atoms with Crippen molar-refractivity contribution in [3.63, 3.8) is 0 Å². The average molecular weight is 349 g/mol. The quantitative estimate of drug-likeness (QED) is 0.761. The Kier molecular flexibility index (Phi) is 4.59. The second kappa shape index (κ2) is 7.35. The standard InChI is InChI=1S/C19H19N5O2/c25-18(15-8-4-11-24(15)19-20-9-5-10-21-19)23-13-17-22-12-16(26-17)14-6-2-1-3-7-14/h1-3,5-7,9-10,12,15H,4,8,11,13H2,(H,23,25)/t15-/m0/s1. The predicted octanol–water partition coefficient (Wildman–Crippen LogP) is 2.42. The molecule has 132 valence electrons. The van der Waals surface area contributed by atoms with E-state index in [9.17, 15) is 4.79 Å². The molecule has 0 unspecified atom stereocenters. The van der Waals surface area contributed by atoms with E-state index in [1.54, 1.807) is 24.7 Å². The van der Waals surface area contributed by atoms with Gasteiger partial charge in [-0.05, 0) is 18.9 Å². The highest BCUT2D eigenvalue weighted by molar-refractivity contribution is 5.85. The first-order valence-corrected chi connectivity index (χ1v) is 8.63. The van der Waals surface area contributed by atoms with E-state index in [1.165, 1.54) is 0 Å². The van der Waals surface area contributed by atoms with Gasteiger partial charge in [0.1, 0.15) is 6.04 Å². The van der Waals surface area contributed by atoms with Crippen LogP contribution in [0.2, 0.25) is 0 Å². The van der Waals surface area contributed by atoms with E-state index in [0.717, 1.165) is 24.9 Å². The maximum Gasteiger partial charge on any atom is 0.243 e. The number of carbonyl (C=O) groups excluding carboxylic acids is 1. The van der Waals surface area contributed by atoms with Crippen LogP contribution in [0.5, 0.6) is 0 Å². The van der Waals surface area contributed by atoms with E-state index in [1.807, 2.05) is 35.2 Å². The van der Waals surface area contributed by atoms with Crippen molar-refractivity contribution in [3.8, 4) is 11.3 Å². The number of hydrogen-bond donors (Lipinski definition) is 1. The minimum absolute atomic E-state index is 0.0607. The maximum absolute atomic E-state index is 12.6. The van der Waals surface area contributed by atoms with Crippen molar-refractivity contribution >= 4 is 11.9 Å². The fourth-order valence-corrected chi connectivity index (χ4v) is 3.13. The summed E-state index contributed by atoms with van der Waals surface area (Å²) in [6.45, 7) is 1.03. The lowest BCUT2D eigenvalue weighted by molar-refractivity contribution is -0.122. The van der Waals surface area contributed by atoms with Crippen molar-refractivity contribution in [1.29, 1.82) is 0 Å². The van der Waals surface area contributed by atoms with Crippen LogP contribution >= 0.6 is 0 Å². The van der Waals surface area contributed by atoms with Gasteiger partial charge in [-0.3, -0.25) is 4.79 Å². The zero-order valence-corrected chi connectivity index (χ0v) is 14.2. The number of hydrogen-bond acceptors (Lipinski definition) is 6. The minimum atomic E-state index is -0.263. The highest BCUT2D eigenvalue weighted by Gasteiger charge is 2.32. The summed E-state index contributed by atoms with van der Waals surface area (Å²) in [4.78, 5) is 27.3. The van der Waals surface area contributed by atoms with Crippen LogP contribution < -0.4 is 10.2 Å². The Balaban J connectivity index is 1.39. The molecule has 0 radical (unpaired) electrons. The highest BCUT2D eigenvalue weighted by Crippen LogP contribution is 2.22. The zero-order valence-electron chi connectivity index (χ0n) is 14.2. The molecule has 0 saturated carbocycles. The van der Waals surface area contributed by atoms with Crippen LogP contribution in [-0.4, -0.2) is 33.4 Å². The molecule has 1 saturated heterocycles. The van der Waals surface area contributed by atoms with Gasteiger partial charge in [-0.25, -0.2) is 15.0 Å². The van der Waals surface area contributed by atoms with E-state index < -0.39 is 0 Å². The van der Waals surface area contributed by atoms with Gasteiger partial charge >= 0.3 is 0 Å². The van der Waals surface area contributed by atoms with Crippen molar-refractivity contribution in [3.05, 3.63) is 60.9 Å². The molecule has 1 amide bonds. The molecule has 1 aliphatic rings. The molecule has 7 nitrogen and oxygen atoms in total. The Labute approximate surface area is 151 Å². The molecule has 3 aromatic rings. The monoisotopic (exact) mass is 349 g/mol. The number of nitrogens with zero attached hydrogens (tertiary/aromatic N) is 4. The number of rotatable bonds is 5. The molecule has 4 rings (SSSR count). The first kappa shape index (κ1) is 16.3. The average Bonchev–Trinajstić information content (AvgIpc) is 3.37. The van der Waals surface area contributed by atoms with Gasteiger partial charge in [-0.1, -0.05) is 30.3 Å². The van der Waals surface area contributed by atoms with E-state index in [-0.39, 0.29) is 18.5 Å². The molecule has 1 aromatic carbocycles. The summed E-state index contributed by atoms with van der Waals surface area (Å²) in [5, 5.41) is 2.91. The normalized spacial score (nSPS) is 16.6. The van der Waals surface area contributed by atoms with Gasteiger partial charge in [0.2, 0.25) is 17.7 Å². The summed E-state index contributed by atoms with van der Waals surface area (Å²) in [7, 11) is 0. The third-order valence-corrected chi connectivity index (χ3v) is 4.39. The van der Waals surface area contributed by atoms with Crippen molar-refractivity contribution in [2.24, 2.45) is 0 Å². The molecule has 3 heterocycles. The van der Waals surface area contributed by atoms with Crippen LogP contribution in [-0.2, 0) is 11.3 Å². The Hall–Kier alpha value is -3.22. The van der Waals surface area contributed by atoms with Crippen molar-refractivity contribution in [2.45, 2.75) is 25.4 Å². The number of benzene rings is 1.